The number of anilines is 1. The molecule has 0 bridgehead atoms. The van der Waals surface area contributed by atoms with Crippen molar-refractivity contribution in [2.45, 2.75) is 51.8 Å². The molecule has 5 aliphatic rings. The fourth-order valence-corrected chi connectivity index (χ4v) is 9.82. The molecule has 0 radical (unpaired) electrons. The average Bonchev–Trinajstić information content (AvgIpc) is 3.40. The Morgan fingerprint density at radius 1 is 1.24 bits per heavy atom. The molecule has 38 heavy (non-hydrogen) atoms. The molecule has 1 saturated heterocycles. The number of allylic oxidation sites excluding steroid dienone is 4. The number of hydrogen-bond donors (Lipinski definition) is 2. The molecule has 3 saturated carbocycles. The lowest BCUT2D eigenvalue weighted by Gasteiger charge is -2.64. The molecule has 1 aromatic carbocycles. The van der Waals surface area contributed by atoms with Crippen LogP contribution in [-0.4, -0.2) is 60.4 Å². The van der Waals surface area contributed by atoms with Crippen LogP contribution < -0.4 is 9.64 Å². The van der Waals surface area contributed by atoms with Crippen molar-refractivity contribution in [1.29, 1.82) is 0 Å². The minimum atomic E-state index is -1.94. The Kier molecular flexibility index (Phi) is 5.59. The summed E-state index contributed by atoms with van der Waals surface area (Å²) in [6, 6.07) is 7.75. The Morgan fingerprint density at radius 3 is 2.71 bits per heavy atom. The first-order valence-corrected chi connectivity index (χ1v) is 13.8. The standard InChI is InChI=1S/C31H38FNO5/c1-18-10-25-24-11-19-15-33(20-6-5-7-22(12-20)38-4)17-30(19,27(37)16-34)29(24,3)14-26(36)31(25,32)28(2)9-8-21(35)13-23(18)28/h5-9,12-13,18-19,24-26,34,36H,10-11,14-17H2,1-4H3/t18-,19-,24?,25-,26-,28-,29-,30+,31-/m0/s1. The predicted molar refractivity (Wildman–Crippen MR) is 142 cm³/mol. The Bertz CT molecular complexity index is 1260. The second-order valence-electron chi connectivity index (χ2n) is 12.9. The Balaban J connectivity index is 1.44. The van der Waals surface area contributed by atoms with Crippen LogP contribution in [0.2, 0.25) is 0 Å². The maximum atomic E-state index is 17.6. The lowest BCUT2D eigenvalue weighted by molar-refractivity contribution is -0.209. The largest absolute Gasteiger partial charge is 0.497 e. The number of aliphatic hydroxyl groups excluding tert-OH is 2. The summed E-state index contributed by atoms with van der Waals surface area (Å²) in [4.78, 5) is 28.2. The minimum Gasteiger partial charge on any atom is -0.497 e. The summed E-state index contributed by atoms with van der Waals surface area (Å²) in [5.74, 6) is -0.302. The Morgan fingerprint density at radius 2 is 2.00 bits per heavy atom. The highest BCUT2D eigenvalue weighted by atomic mass is 19.1. The van der Waals surface area contributed by atoms with Crippen LogP contribution in [0.15, 0.2) is 48.1 Å². The number of fused-ring (bicyclic) bond motifs is 7. The van der Waals surface area contributed by atoms with Crippen molar-refractivity contribution in [3.8, 4) is 5.75 Å². The van der Waals surface area contributed by atoms with Crippen LogP contribution in [0.1, 0.15) is 40.0 Å². The lowest BCUT2D eigenvalue weighted by Crippen LogP contribution is -2.69. The monoisotopic (exact) mass is 523 g/mol. The van der Waals surface area contributed by atoms with Crippen LogP contribution in [0, 0.1) is 39.9 Å². The molecule has 9 atom stereocenters. The van der Waals surface area contributed by atoms with E-state index in [2.05, 4.69) is 11.8 Å². The van der Waals surface area contributed by atoms with E-state index in [0.29, 0.717) is 25.9 Å². The minimum absolute atomic E-state index is 0.0180. The van der Waals surface area contributed by atoms with Crippen molar-refractivity contribution in [2.24, 2.45) is 39.9 Å². The predicted octanol–water partition coefficient (Wildman–Crippen LogP) is 3.91. The van der Waals surface area contributed by atoms with Gasteiger partial charge in [0.15, 0.2) is 17.2 Å². The normalized spacial score (nSPS) is 45.1. The van der Waals surface area contributed by atoms with Crippen LogP contribution in [0.4, 0.5) is 10.1 Å². The third-order valence-corrected chi connectivity index (χ3v) is 11.6. The summed E-state index contributed by atoms with van der Waals surface area (Å²) in [6.45, 7) is 6.40. The van der Waals surface area contributed by atoms with E-state index in [-0.39, 0.29) is 35.7 Å². The van der Waals surface area contributed by atoms with Crippen molar-refractivity contribution in [3.63, 3.8) is 0 Å². The van der Waals surface area contributed by atoms with Crippen molar-refractivity contribution in [2.75, 3.05) is 31.7 Å². The van der Waals surface area contributed by atoms with E-state index in [4.69, 9.17) is 4.74 Å². The van der Waals surface area contributed by atoms with Crippen molar-refractivity contribution in [3.05, 3.63) is 48.1 Å². The van der Waals surface area contributed by atoms with E-state index in [1.54, 1.807) is 19.3 Å². The zero-order chi connectivity index (χ0) is 27.3. The quantitative estimate of drug-likeness (QED) is 0.623. The first kappa shape index (κ1) is 25.8. The second kappa shape index (κ2) is 8.25. The number of benzene rings is 1. The topological polar surface area (TPSA) is 87.1 Å². The summed E-state index contributed by atoms with van der Waals surface area (Å²) in [5.41, 5.74) is -2.89. The number of carbonyl (C=O) groups excluding carboxylic acids is 2. The molecule has 1 unspecified atom stereocenters. The SMILES string of the molecule is COc1cccc(N2C[C@@H]3CC4[C@@H]5C[C@H](C)C6=CC(=O)C=C[C@]6(C)[C@@]5(F)[C@@H](O)C[C@]4(C)[C@]3(C(=O)CO)C2)c1. The maximum Gasteiger partial charge on any atom is 0.178 e. The van der Waals surface area contributed by atoms with Crippen LogP contribution in [-0.2, 0) is 9.59 Å². The number of ketones is 2. The van der Waals surface area contributed by atoms with Gasteiger partial charge in [0.05, 0.1) is 18.6 Å². The highest BCUT2D eigenvalue weighted by molar-refractivity contribution is 6.01. The van der Waals surface area contributed by atoms with E-state index in [0.717, 1.165) is 17.0 Å². The van der Waals surface area contributed by atoms with Crippen molar-refractivity contribution < 1.29 is 28.9 Å². The summed E-state index contributed by atoms with van der Waals surface area (Å²) in [7, 11) is 1.62. The number of methoxy groups -OCH3 is 1. The third kappa shape index (κ3) is 2.95. The summed E-state index contributed by atoms with van der Waals surface area (Å²) in [5, 5.41) is 22.0. The summed E-state index contributed by atoms with van der Waals surface area (Å²) >= 11 is 0. The Labute approximate surface area is 223 Å². The van der Waals surface area contributed by atoms with Crippen LogP contribution in [0.3, 0.4) is 0 Å². The highest BCUT2D eigenvalue weighted by Gasteiger charge is 2.77. The fourth-order valence-electron chi connectivity index (χ4n) is 9.82. The number of halogens is 1. The van der Waals surface area contributed by atoms with Crippen molar-refractivity contribution >= 4 is 17.3 Å². The molecule has 0 aromatic heterocycles. The molecule has 0 amide bonds. The first-order valence-electron chi connectivity index (χ1n) is 13.8. The van der Waals surface area contributed by atoms with Gasteiger partial charge in [0, 0.05) is 36.2 Å². The van der Waals surface area contributed by atoms with Crippen LogP contribution >= 0.6 is 0 Å². The molecule has 7 heteroatoms. The second-order valence-corrected chi connectivity index (χ2v) is 12.9. The zero-order valence-corrected chi connectivity index (χ0v) is 22.6. The molecule has 0 spiro atoms. The van der Waals surface area contributed by atoms with E-state index in [9.17, 15) is 19.8 Å². The fraction of sp³-hybridized carbons (Fsp3) is 0.613. The van der Waals surface area contributed by atoms with Crippen molar-refractivity contribution in [1.82, 2.24) is 0 Å². The summed E-state index contributed by atoms with van der Waals surface area (Å²) in [6.07, 6.45) is 4.69. The average molecular weight is 524 g/mol. The number of alkyl halides is 1. The van der Waals surface area contributed by atoms with Gasteiger partial charge in [0.1, 0.15) is 12.4 Å². The number of ether oxygens (including phenoxy) is 1. The zero-order valence-electron chi connectivity index (χ0n) is 22.6. The molecule has 2 N–H and O–H groups in total. The first-order chi connectivity index (χ1) is 18.0. The van der Waals surface area contributed by atoms with Gasteiger partial charge in [-0.05, 0) is 73.6 Å². The van der Waals surface area contributed by atoms with E-state index >= 15 is 4.39 Å². The van der Waals surface area contributed by atoms with Gasteiger partial charge in [-0.25, -0.2) is 4.39 Å². The highest BCUT2D eigenvalue weighted by Crippen LogP contribution is 2.74. The number of aliphatic hydroxyl groups is 2. The van der Waals surface area contributed by atoms with Gasteiger partial charge in [0.25, 0.3) is 0 Å². The van der Waals surface area contributed by atoms with Gasteiger partial charge in [-0.1, -0.05) is 31.6 Å². The van der Waals surface area contributed by atoms with Gasteiger partial charge >= 0.3 is 0 Å². The number of rotatable bonds is 4. The molecular weight excluding hydrogens is 485 g/mol. The van der Waals surface area contributed by atoms with Gasteiger partial charge in [-0.3, -0.25) is 9.59 Å². The molecule has 1 aromatic rings. The number of carbonyl (C=O) groups is 2. The number of nitrogens with zero attached hydrogens (tertiary/aromatic N) is 1. The Hall–Kier alpha value is -2.51. The molecular formula is C31H38FNO5. The molecule has 4 aliphatic carbocycles. The van der Waals surface area contributed by atoms with Gasteiger partial charge in [-0.2, -0.15) is 0 Å². The lowest BCUT2D eigenvalue weighted by atomic mass is 9.42. The van der Waals surface area contributed by atoms with Gasteiger partial charge in [-0.15, -0.1) is 0 Å². The number of Topliss-reactive ketones (excluding diaryl/α,β-unsaturated/α-hetero) is 1. The summed E-state index contributed by atoms with van der Waals surface area (Å²) < 4.78 is 23.1. The molecule has 1 aliphatic heterocycles. The number of hydrogen-bond acceptors (Lipinski definition) is 6. The van der Waals surface area contributed by atoms with E-state index in [1.165, 1.54) is 6.08 Å². The molecule has 1 heterocycles. The molecule has 6 nitrogen and oxygen atoms in total. The van der Waals surface area contributed by atoms with Crippen LogP contribution in [0.5, 0.6) is 5.75 Å². The molecule has 6 rings (SSSR count). The molecule has 4 fully saturated rings. The van der Waals surface area contributed by atoms with E-state index in [1.807, 2.05) is 38.1 Å². The van der Waals surface area contributed by atoms with Gasteiger partial charge < -0.3 is 19.8 Å². The molecule has 204 valence electrons. The smallest absolute Gasteiger partial charge is 0.178 e. The van der Waals surface area contributed by atoms with Gasteiger partial charge in [0.2, 0.25) is 0 Å². The van der Waals surface area contributed by atoms with E-state index < -0.39 is 40.5 Å². The maximum absolute atomic E-state index is 17.6. The third-order valence-electron chi connectivity index (χ3n) is 11.6. The van der Waals surface area contributed by atoms with Crippen LogP contribution in [0.25, 0.3) is 0 Å².